The van der Waals surface area contributed by atoms with Crippen LogP contribution in [0.3, 0.4) is 0 Å². The Bertz CT molecular complexity index is 235. The molecule has 0 saturated carbocycles. The van der Waals surface area contributed by atoms with E-state index in [2.05, 4.69) is 18.0 Å². The molecule has 0 radical (unpaired) electrons. The predicted molar refractivity (Wildman–Crippen MR) is 52.4 cm³/mol. The molecule has 0 fully saturated rings. The normalized spacial score (nSPS) is 10.2. The molecule has 0 aromatic carbocycles. The monoisotopic (exact) mass is 183 g/mol. The topological polar surface area (TPSA) is 12.9 Å². The Kier molecular flexibility index (Phi) is 4.09. The van der Waals surface area contributed by atoms with Crippen molar-refractivity contribution in [3.8, 4) is 0 Å². The summed E-state index contributed by atoms with van der Waals surface area (Å²) in [4.78, 5) is 4.40. The zero-order valence-corrected chi connectivity index (χ0v) is 8.14. The molecule has 0 aliphatic carbocycles. The van der Waals surface area contributed by atoms with E-state index >= 15 is 0 Å². The van der Waals surface area contributed by atoms with Crippen LogP contribution in [0.5, 0.6) is 0 Å². The summed E-state index contributed by atoms with van der Waals surface area (Å²) in [7, 11) is 0. The van der Waals surface area contributed by atoms with Gasteiger partial charge in [0.2, 0.25) is 0 Å². The number of alkyl halides is 1. The minimum atomic E-state index is 0.514. The summed E-state index contributed by atoms with van der Waals surface area (Å²) in [6.45, 7) is 2.19. The van der Waals surface area contributed by atoms with Crippen molar-refractivity contribution in [2.24, 2.45) is 0 Å². The molecule has 0 bridgehead atoms. The smallest absolute Gasteiger partial charge is 0.0647 e. The van der Waals surface area contributed by atoms with Crippen molar-refractivity contribution in [3.05, 3.63) is 29.6 Å². The summed E-state index contributed by atoms with van der Waals surface area (Å²) in [5, 5.41) is 0. The molecule has 12 heavy (non-hydrogen) atoms. The molecule has 1 nitrogen and oxygen atoms in total. The fraction of sp³-hybridized carbons (Fsp3) is 0.500. The van der Waals surface area contributed by atoms with Crippen LogP contribution in [0.1, 0.15) is 31.2 Å². The Morgan fingerprint density at radius 3 is 2.75 bits per heavy atom. The van der Waals surface area contributed by atoms with Crippen molar-refractivity contribution in [2.45, 2.75) is 32.1 Å². The second-order valence-electron chi connectivity index (χ2n) is 2.86. The van der Waals surface area contributed by atoms with Crippen LogP contribution in [0.15, 0.2) is 18.2 Å². The summed E-state index contributed by atoms with van der Waals surface area (Å²) >= 11 is 5.67. The van der Waals surface area contributed by atoms with Crippen LogP contribution in [0, 0.1) is 0 Å². The maximum absolute atomic E-state index is 5.67. The largest absolute Gasteiger partial charge is 0.257 e. The summed E-state index contributed by atoms with van der Waals surface area (Å²) in [6.07, 6.45) is 3.49. The van der Waals surface area contributed by atoms with Crippen LogP contribution in [-0.4, -0.2) is 4.98 Å². The zero-order chi connectivity index (χ0) is 8.81. The highest BCUT2D eigenvalue weighted by Gasteiger charge is 1.95. The average Bonchev–Trinajstić information content (AvgIpc) is 2.15. The van der Waals surface area contributed by atoms with Gasteiger partial charge in [0.25, 0.3) is 0 Å². The van der Waals surface area contributed by atoms with Gasteiger partial charge in [-0.3, -0.25) is 4.98 Å². The van der Waals surface area contributed by atoms with E-state index in [1.807, 2.05) is 12.1 Å². The molecule has 66 valence electrons. The molecular weight excluding hydrogens is 170 g/mol. The molecule has 0 amide bonds. The third-order valence-electron chi connectivity index (χ3n) is 1.79. The Labute approximate surface area is 78.8 Å². The maximum atomic E-state index is 5.67. The van der Waals surface area contributed by atoms with Gasteiger partial charge in [0.1, 0.15) is 0 Å². The van der Waals surface area contributed by atoms with E-state index in [-0.39, 0.29) is 0 Å². The molecule has 0 spiro atoms. The van der Waals surface area contributed by atoms with Crippen LogP contribution < -0.4 is 0 Å². The van der Waals surface area contributed by atoms with Crippen LogP contribution >= 0.6 is 11.6 Å². The van der Waals surface area contributed by atoms with E-state index in [0.29, 0.717) is 5.88 Å². The minimum Gasteiger partial charge on any atom is -0.257 e. The molecule has 1 aromatic rings. The summed E-state index contributed by atoms with van der Waals surface area (Å²) in [5.41, 5.74) is 2.14. The van der Waals surface area contributed by atoms with Crippen molar-refractivity contribution in [1.82, 2.24) is 4.98 Å². The maximum Gasteiger partial charge on any atom is 0.0647 e. The van der Waals surface area contributed by atoms with Crippen molar-refractivity contribution >= 4 is 11.6 Å². The number of nitrogens with zero attached hydrogens (tertiary/aromatic N) is 1. The van der Waals surface area contributed by atoms with E-state index in [0.717, 1.165) is 17.8 Å². The number of pyridine rings is 1. The molecular formula is C10H14ClN. The highest BCUT2D eigenvalue weighted by atomic mass is 35.5. The van der Waals surface area contributed by atoms with Crippen LogP contribution in [-0.2, 0) is 12.3 Å². The molecule has 0 N–H and O–H groups in total. The van der Waals surface area contributed by atoms with Crippen molar-refractivity contribution in [3.63, 3.8) is 0 Å². The number of aromatic nitrogens is 1. The number of rotatable bonds is 4. The van der Waals surface area contributed by atoms with Gasteiger partial charge in [-0.25, -0.2) is 0 Å². The van der Waals surface area contributed by atoms with Gasteiger partial charge in [-0.1, -0.05) is 19.4 Å². The number of hydrogen-bond acceptors (Lipinski definition) is 1. The minimum absolute atomic E-state index is 0.514. The number of hydrogen-bond donors (Lipinski definition) is 0. The van der Waals surface area contributed by atoms with Gasteiger partial charge in [0.15, 0.2) is 0 Å². The quantitative estimate of drug-likeness (QED) is 0.654. The molecule has 1 rings (SSSR count). The van der Waals surface area contributed by atoms with Gasteiger partial charge in [-0.2, -0.15) is 0 Å². The predicted octanol–water partition coefficient (Wildman–Crippen LogP) is 3.16. The first kappa shape index (κ1) is 9.53. The Hall–Kier alpha value is -0.560. The van der Waals surface area contributed by atoms with Crippen LogP contribution in [0.2, 0.25) is 0 Å². The summed E-state index contributed by atoms with van der Waals surface area (Å²) in [6, 6.07) is 6.05. The van der Waals surface area contributed by atoms with E-state index in [4.69, 9.17) is 11.6 Å². The number of halogens is 1. The lowest BCUT2D eigenvalue weighted by atomic mass is 10.2. The van der Waals surface area contributed by atoms with Crippen LogP contribution in [0.25, 0.3) is 0 Å². The van der Waals surface area contributed by atoms with Crippen molar-refractivity contribution < 1.29 is 0 Å². The Balaban J connectivity index is 2.60. The SMILES string of the molecule is CCCCc1cccc(CCl)n1. The molecule has 0 aliphatic rings. The zero-order valence-electron chi connectivity index (χ0n) is 7.39. The van der Waals surface area contributed by atoms with Gasteiger partial charge >= 0.3 is 0 Å². The first-order valence-electron chi connectivity index (χ1n) is 4.37. The molecule has 2 heteroatoms. The first-order chi connectivity index (χ1) is 5.86. The fourth-order valence-electron chi connectivity index (χ4n) is 1.10. The molecule has 1 aromatic heterocycles. The Morgan fingerprint density at radius 2 is 2.08 bits per heavy atom. The van der Waals surface area contributed by atoms with E-state index in [9.17, 15) is 0 Å². The summed E-state index contributed by atoms with van der Waals surface area (Å²) < 4.78 is 0. The molecule has 0 saturated heterocycles. The van der Waals surface area contributed by atoms with Gasteiger partial charge in [0.05, 0.1) is 11.6 Å². The molecule has 0 unspecified atom stereocenters. The highest BCUT2D eigenvalue weighted by molar-refractivity contribution is 6.16. The lowest BCUT2D eigenvalue weighted by molar-refractivity contribution is 0.773. The molecule has 1 heterocycles. The first-order valence-corrected chi connectivity index (χ1v) is 4.91. The standard InChI is InChI=1S/C10H14ClN/c1-2-3-5-9-6-4-7-10(8-11)12-9/h4,6-7H,2-3,5,8H2,1H3. The highest BCUT2D eigenvalue weighted by Crippen LogP contribution is 2.05. The van der Waals surface area contributed by atoms with Crippen molar-refractivity contribution in [2.75, 3.05) is 0 Å². The van der Waals surface area contributed by atoms with E-state index < -0.39 is 0 Å². The second-order valence-corrected chi connectivity index (χ2v) is 3.12. The van der Waals surface area contributed by atoms with E-state index in [1.165, 1.54) is 12.8 Å². The lowest BCUT2D eigenvalue weighted by Crippen LogP contribution is -1.92. The van der Waals surface area contributed by atoms with Crippen molar-refractivity contribution in [1.29, 1.82) is 0 Å². The average molecular weight is 184 g/mol. The van der Waals surface area contributed by atoms with E-state index in [1.54, 1.807) is 0 Å². The second kappa shape index (κ2) is 5.15. The molecule has 0 aliphatic heterocycles. The van der Waals surface area contributed by atoms with Crippen LogP contribution in [0.4, 0.5) is 0 Å². The number of aryl methyl sites for hydroxylation is 1. The van der Waals surface area contributed by atoms with Gasteiger partial charge in [-0.05, 0) is 25.0 Å². The summed E-state index contributed by atoms with van der Waals surface area (Å²) in [5.74, 6) is 0.514. The van der Waals surface area contributed by atoms with Gasteiger partial charge in [-0.15, -0.1) is 11.6 Å². The third-order valence-corrected chi connectivity index (χ3v) is 2.06. The Morgan fingerprint density at radius 1 is 1.33 bits per heavy atom. The number of unbranched alkanes of at least 4 members (excludes halogenated alkanes) is 1. The fourth-order valence-corrected chi connectivity index (χ4v) is 1.25. The lowest BCUT2D eigenvalue weighted by Gasteiger charge is -2.00. The molecule has 0 atom stereocenters. The van der Waals surface area contributed by atoms with Gasteiger partial charge < -0.3 is 0 Å². The third kappa shape index (κ3) is 2.82. The van der Waals surface area contributed by atoms with Gasteiger partial charge in [0, 0.05) is 5.69 Å².